The van der Waals surface area contributed by atoms with E-state index in [0.29, 0.717) is 6.54 Å². The van der Waals surface area contributed by atoms with Crippen LogP contribution in [0.3, 0.4) is 0 Å². The molecule has 0 aliphatic carbocycles. The Hall–Kier alpha value is -1.13. The standard InChI is InChI=1S/C13H16BrN3/c1-8-5-10(3-4-11(8)14)6-12-9(2)16-13(7-15)17-12/h3-5H,6-7,15H2,1-2H3,(H,16,17). The van der Waals surface area contributed by atoms with Gasteiger partial charge in [0.1, 0.15) is 5.82 Å². The van der Waals surface area contributed by atoms with Gasteiger partial charge in [0.25, 0.3) is 0 Å². The van der Waals surface area contributed by atoms with Gasteiger partial charge in [0.2, 0.25) is 0 Å². The van der Waals surface area contributed by atoms with Crippen LogP contribution in [0.5, 0.6) is 0 Å². The molecule has 0 spiro atoms. The van der Waals surface area contributed by atoms with E-state index in [2.05, 4.69) is 51.0 Å². The van der Waals surface area contributed by atoms with Crippen LogP contribution in [0.4, 0.5) is 0 Å². The van der Waals surface area contributed by atoms with Gasteiger partial charge >= 0.3 is 0 Å². The van der Waals surface area contributed by atoms with Gasteiger partial charge in [-0.1, -0.05) is 28.1 Å². The molecule has 0 atom stereocenters. The van der Waals surface area contributed by atoms with Gasteiger partial charge in [-0.05, 0) is 31.0 Å². The minimum Gasteiger partial charge on any atom is -0.345 e. The first-order chi connectivity index (χ1) is 8.10. The Morgan fingerprint density at radius 3 is 2.71 bits per heavy atom. The number of nitrogens with two attached hydrogens (primary N) is 1. The molecular formula is C13H16BrN3. The van der Waals surface area contributed by atoms with Crippen LogP contribution in [-0.2, 0) is 13.0 Å². The second kappa shape index (κ2) is 5.02. The molecule has 0 bridgehead atoms. The summed E-state index contributed by atoms with van der Waals surface area (Å²) in [6.07, 6.45) is 0.844. The van der Waals surface area contributed by atoms with Crippen LogP contribution in [0.1, 0.15) is 28.3 Å². The lowest BCUT2D eigenvalue weighted by Gasteiger charge is -2.03. The van der Waals surface area contributed by atoms with E-state index in [1.165, 1.54) is 11.1 Å². The largest absolute Gasteiger partial charge is 0.345 e. The first-order valence-electron chi connectivity index (χ1n) is 5.59. The van der Waals surface area contributed by atoms with Gasteiger partial charge in [0.15, 0.2) is 0 Å². The minimum absolute atomic E-state index is 0.459. The number of nitrogens with zero attached hydrogens (tertiary/aromatic N) is 1. The number of imidazole rings is 1. The molecule has 2 rings (SSSR count). The fourth-order valence-corrected chi connectivity index (χ4v) is 2.09. The number of nitrogens with one attached hydrogen (secondary N) is 1. The van der Waals surface area contributed by atoms with Crippen LogP contribution in [0.15, 0.2) is 22.7 Å². The van der Waals surface area contributed by atoms with Crippen LogP contribution in [0.2, 0.25) is 0 Å². The molecule has 90 valence electrons. The highest BCUT2D eigenvalue weighted by atomic mass is 79.9. The lowest BCUT2D eigenvalue weighted by atomic mass is 10.1. The van der Waals surface area contributed by atoms with E-state index in [4.69, 9.17) is 5.73 Å². The molecule has 0 saturated carbocycles. The number of halogens is 1. The minimum atomic E-state index is 0.459. The number of aromatic amines is 1. The third kappa shape index (κ3) is 2.76. The number of aryl methyl sites for hydroxylation is 2. The zero-order valence-electron chi connectivity index (χ0n) is 10.0. The Bertz CT molecular complexity index is 531. The van der Waals surface area contributed by atoms with Crippen molar-refractivity contribution >= 4 is 15.9 Å². The maximum Gasteiger partial charge on any atom is 0.120 e. The van der Waals surface area contributed by atoms with Crippen molar-refractivity contribution < 1.29 is 0 Å². The lowest BCUT2D eigenvalue weighted by Crippen LogP contribution is -1.98. The SMILES string of the molecule is Cc1cc(Cc2nc(CN)[nH]c2C)ccc1Br. The van der Waals surface area contributed by atoms with E-state index < -0.39 is 0 Å². The van der Waals surface area contributed by atoms with Crippen molar-refractivity contribution in [1.82, 2.24) is 9.97 Å². The van der Waals surface area contributed by atoms with Gasteiger partial charge < -0.3 is 10.7 Å². The van der Waals surface area contributed by atoms with E-state index in [0.717, 1.165) is 28.1 Å². The Morgan fingerprint density at radius 2 is 2.12 bits per heavy atom. The molecule has 0 saturated heterocycles. The van der Waals surface area contributed by atoms with E-state index in [9.17, 15) is 0 Å². The summed E-state index contributed by atoms with van der Waals surface area (Å²) < 4.78 is 1.14. The van der Waals surface area contributed by atoms with E-state index in [1.807, 2.05) is 6.92 Å². The molecule has 0 fully saturated rings. The summed E-state index contributed by atoms with van der Waals surface area (Å²) >= 11 is 3.51. The van der Waals surface area contributed by atoms with Crippen molar-refractivity contribution in [2.45, 2.75) is 26.8 Å². The van der Waals surface area contributed by atoms with Crippen LogP contribution in [0, 0.1) is 13.8 Å². The predicted octanol–water partition coefficient (Wildman–Crippen LogP) is 2.84. The Labute approximate surface area is 110 Å². The third-order valence-corrected chi connectivity index (χ3v) is 3.71. The number of H-pyrrole nitrogens is 1. The zero-order valence-corrected chi connectivity index (χ0v) is 11.6. The predicted molar refractivity (Wildman–Crippen MR) is 72.9 cm³/mol. The number of hydrogen-bond donors (Lipinski definition) is 2. The van der Waals surface area contributed by atoms with Crippen LogP contribution >= 0.6 is 15.9 Å². The van der Waals surface area contributed by atoms with Crippen molar-refractivity contribution in [2.75, 3.05) is 0 Å². The molecular weight excluding hydrogens is 278 g/mol. The summed E-state index contributed by atoms with van der Waals surface area (Å²) in [5, 5.41) is 0. The highest BCUT2D eigenvalue weighted by Gasteiger charge is 2.07. The molecule has 17 heavy (non-hydrogen) atoms. The Balaban J connectivity index is 2.24. The second-order valence-corrected chi connectivity index (χ2v) is 5.07. The van der Waals surface area contributed by atoms with Gasteiger partial charge in [0, 0.05) is 16.6 Å². The van der Waals surface area contributed by atoms with Gasteiger partial charge in [-0.15, -0.1) is 0 Å². The quantitative estimate of drug-likeness (QED) is 0.914. The van der Waals surface area contributed by atoms with Gasteiger partial charge in [-0.2, -0.15) is 0 Å². The summed E-state index contributed by atoms with van der Waals surface area (Å²) in [6.45, 7) is 4.59. The van der Waals surface area contributed by atoms with Crippen LogP contribution in [-0.4, -0.2) is 9.97 Å². The fraction of sp³-hybridized carbons (Fsp3) is 0.308. The molecule has 1 aromatic heterocycles. The highest BCUT2D eigenvalue weighted by molar-refractivity contribution is 9.10. The molecule has 1 heterocycles. The Morgan fingerprint density at radius 1 is 1.35 bits per heavy atom. The summed E-state index contributed by atoms with van der Waals surface area (Å²) in [7, 11) is 0. The summed E-state index contributed by atoms with van der Waals surface area (Å²) in [5.74, 6) is 0.853. The maximum atomic E-state index is 5.57. The van der Waals surface area contributed by atoms with Gasteiger partial charge in [-0.3, -0.25) is 0 Å². The smallest absolute Gasteiger partial charge is 0.120 e. The molecule has 0 amide bonds. The van der Waals surface area contributed by atoms with Crippen LogP contribution < -0.4 is 5.73 Å². The van der Waals surface area contributed by atoms with Crippen molar-refractivity contribution in [2.24, 2.45) is 5.73 Å². The van der Waals surface area contributed by atoms with Crippen molar-refractivity contribution in [1.29, 1.82) is 0 Å². The van der Waals surface area contributed by atoms with E-state index in [1.54, 1.807) is 0 Å². The first-order valence-corrected chi connectivity index (χ1v) is 6.39. The molecule has 3 N–H and O–H groups in total. The molecule has 0 unspecified atom stereocenters. The molecule has 3 nitrogen and oxygen atoms in total. The molecule has 1 aromatic carbocycles. The average Bonchev–Trinajstić information content (AvgIpc) is 2.65. The average molecular weight is 294 g/mol. The lowest BCUT2D eigenvalue weighted by molar-refractivity contribution is 0.934. The zero-order chi connectivity index (χ0) is 12.4. The third-order valence-electron chi connectivity index (χ3n) is 2.82. The highest BCUT2D eigenvalue weighted by Crippen LogP contribution is 2.19. The van der Waals surface area contributed by atoms with E-state index >= 15 is 0 Å². The topological polar surface area (TPSA) is 54.7 Å². The number of hydrogen-bond acceptors (Lipinski definition) is 2. The molecule has 4 heteroatoms. The summed E-state index contributed by atoms with van der Waals surface area (Å²) in [4.78, 5) is 7.68. The van der Waals surface area contributed by atoms with Gasteiger partial charge in [0.05, 0.1) is 12.2 Å². The van der Waals surface area contributed by atoms with E-state index in [-0.39, 0.29) is 0 Å². The molecule has 0 radical (unpaired) electrons. The van der Waals surface area contributed by atoms with Crippen LogP contribution in [0.25, 0.3) is 0 Å². The van der Waals surface area contributed by atoms with Crippen molar-refractivity contribution in [3.8, 4) is 0 Å². The second-order valence-electron chi connectivity index (χ2n) is 4.22. The van der Waals surface area contributed by atoms with Gasteiger partial charge in [-0.25, -0.2) is 4.98 Å². The monoisotopic (exact) mass is 293 g/mol. The van der Waals surface area contributed by atoms with Crippen molar-refractivity contribution in [3.05, 3.63) is 51.0 Å². The number of benzene rings is 1. The molecule has 2 aromatic rings. The Kier molecular flexibility index (Phi) is 3.64. The molecule has 0 aliphatic heterocycles. The number of rotatable bonds is 3. The normalized spacial score (nSPS) is 10.8. The first kappa shape index (κ1) is 12.3. The summed E-state index contributed by atoms with van der Waals surface area (Å²) in [6, 6.07) is 6.38. The number of aromatic nitrogens is 2. The summed E-state index contributed by atoms with van der Waals surface area (Å²) in [5.41, 5.74) is 10.3. The van der Waals surface area contributed by atoms with Crippen molar-refractivity contribution in [3.63, 3.8) is 0 Å². The fourth-order valence-electron chi connectivity index (χ4n) is 1.84. The molecule has 0 aliphatic rings. The maximum absolute atomic E-state index is 5.57.